The molecule has 24 heavy (non-hydrogen) atoms. The lowest BCUT2D eigenvalue weighted by atomic mass is 10.1. The van der Waals surface area contributed by atoms with Gasteiger partial charge in [0.1, 0.15) is 12.1 Å². The minimum Gasteiger partial charge on any atom is -0.392 e. The molecule has 7 nitrogen and oxygen atoms in total. The predicted molar refractivity (Wildman–Crippen MR) is 95.2 cm³/mol. The SMILES string of the molecule is CC(O)CN1CCN(c2ncnc3c2cnn3C(C)(C)C)C(C)C1. The molecular weight excluding hydrogens is 304 g/mol. The van der Waals surface area contributed by atoms with Crippen molar-refractivity contribution in [3.05, 3.63) is 12.5 Å². The average molecular weight is 332 g/mol. The van der Waals surface area contributed by atoms with Gasteiger partial charge in [0.25, 0.3) is 0 Å². The van der Waals surface area contributed by atoms with E-state index < -0.39 is 0 Å². The van der Waals surface area contributed by atoms with Gasteiger partial charge in [-0.05, 0) is 34.6 Å². The Morgan fingerprint density at radius 3 is 2.67 bits per heavy atom. The number of aromatic nitrogens is 4. The van der Waals surface area contributed by atoms with Gasteiger partial charge in [0.15, 0.2) is 5.65 Å². The molecule has 2 aromatic heterocycles. The van der Waals surface area contributed by atoms with Crippen LogP contribution in [0.4, 0.5) is 5.82 Å². The van der Waals surface area contributed by atoms with Gasteiger partial charge in [-0.25, -0.2) is 14.6 Å². The second-order valence-corrected chi connectivity index (χ2v) is 7.81. The highest BCUT2D eigenvalue weighted by Gasteiger charge is 2.28. The Hall–Kier alpha value is -1.73. The van der Waals surface area contributed by atoms with Crippen LogP contribution in [0.1, 0.15) is 34.6 Å². The Kier molecular flexibility index (Phi) is 4.48. The number of β-amino-alcohol motifs (C(OH)–C–C–N with tert-alkyl or cyclic N) is 1. The van der Waals surface area contributed by atoms with E-state index in [9.17, 15) is 5.11 Å². The van der Waals surface area contributed by atoms with Gasteiger partial charge in [0, 0.05) is 32.2 Å². The maximum atomic E-state index is 9.61. The number of fused-ring (bicyclic) bond motifs is 1. The maximum absolute atomic E-state index is 9.61. The van der Waals surface area contributed by atoms with Crippen LogP contribution in [0, 0.1) is 0 Å². The standard InChI is InChI=1S/C17H28N6O/c1-12-9-21(10-13(2)24)6-7-22(12)15-14-8-20-23(17(3,4)5)16(14)19-11-18-15/h8,11-13,24H,6-7,9-10H2,1-5H3. The van der Waals surface area contributed by atoms with Gasteiger partial charge in [0.2, 0.25) is 0 Å². The fourth-order valence-corrected chi connectivity index (χ4v) is 3.44. The van der Waals surface area contributed by atoms with E-state index in [1.54, 1.807) is 6.33 Å². The third kappa shape index (κ3) is 3.23. The number of aliphatic hydroxyl groups is 1. The van der Waals surface area contributed by atoms with Gasteiger partial charge >= 0.3 is 0 Å². The molecule has 1 saturated heterocycles. The molecule has 1 aliphatic heterocycles. The summed E-state index contributed by atoms with van der Waals surface area (Å²) in [5.41, 5.74) is 0.765. The monoisotopic (exact) mass is 332 g/mol. The highest BCUT2D eigenvalue weighted by atomic mass is 16.3. The summed E-state index contributed by atoms with van der Waals surface area (Å²) in [6, 6.07) is 0.327. The van der Waals surface area contributed by atoms with Crippen molar-refractivity contribution >= 4 is 16.9 Å². The predicted octanol–water partition coefficient (Wildman–Crippen LogP) is 1.47. The fraction of sp³-hybridized carbons (Fsp3) is 0.706. The van der Waals surface area contributed by atoms with Gasteiger partial charge < -0.3 is 10.0 Å². The molecule has 0 aromatic carbocycles. The summed E-state index contributed by atoms with van der Waals surface area (Å²) < 4.78 is 1.96. The van der Waals surface area contributed by atoms with E-state index >= 15 is 0 Å². The topological polar surface area (TPSA) is 70.3 Å². The van der Waals surface area contributed by atoms with Gasteiger partial charge in [-0.3, -0.25) is 4.90 Å². The first kappa shape index (κ1) is 17.1. The van der Waals surface area contributed by atoms with Crippen LogP contribution in [0.15, 0.2) is 12.5 Å². The number of piperazine rings is 1. The molecule has 0 spiro atoms. The van der Waals surface area contributed by atoms with Crippen LogP contribution >= 0.6 is 0 Å². The smallest absolute Gasteiger partial charge is 0.163 e. The third-order valence-electron chi connectivity index (χ3n) is 4.49. The lowest BCUT2D eigenvalue weighted by Crippen LogP contribution is -2.53. The summed E-state index contributed by atoms with van der Waals surface area (Å²) in [6.07, 6.45) is 3.22. The summed E-state index contributed by atoms with van der Waals surface area (Å²) in [5, 5.41) is 15.2. The Bertz CT molecular complexity index is 705. The van der Waals surface area contributed by atoms with E-state index in [-0.39, 0.29) is 11.6 Å². The molecular formula is C17H28N6O. The Morgan fingerprint density at radius 2 is 2.04 bits per heavy atom. The van der Waals surface area contributed by atoms with E-state index in [0.717, 1.165) is 43.0 Å². The lowest BCUT2D eigenvalue weighted by Gasteiger charge is -2.41. The molecule has 0 amide bonds. The van der Waals surface area contributed by atoms with Crippen LogP contribution in [0.2, 0.25) is 0 Å². The van der Waals surface area contributed by atoms with Crippen LogP contribution in [0.5, 0.6) is 0 Å². The largest absolute Gasteiger partial charge is 0.392 e. The average Bonchev–Trinajstić information content (AvgIpc) is 2.91. The molecule has 1 aliphatic rings. The van der Waals surface area contributed by atoms with Crippen molar-refractivity contribution in [1.82, 2.24) is 24.6 Å². The number of hydrogen-bond acceptors (Lipinski definition) is 6. The summed E-state index contributed by atoms with van der Waals surface area (Å²) in [5.74, 6) is 0.958. The number of aliphatic hydroxyl groups excluding tert-OH is 1. The first-order valence-corrected chi connectivity index (χ1v) is 8.63. The van der Waals surface area contributed by atoms with Gasteiger partial charge in [-0.2, -0.15) is 5.10 Å². The normalized spacial score (nSPS) is 21.4. The van der Waals surface area contributed by atoms with E-state index in [1.165, 1.54) is 0 Å². The van der Waals surface area contributed by atoms with E-state index in [2.05, 4.69) is 52.6 Å². The fourth-order valence-electron chi connectivity index (χ4n) is 3.44. The molecule has 1 fully saturated rings. The maximum Gasteiger partial charge on any atom is 0.163 e. The van der Waals surface area contributed by atoms with Crippen molar-refractivity contribution in [2.75, 3.05) is 31.1 Å². The van der Waals surface area contributed by atoms with Gasteiger partial charge in [-0.15, -0.1) is 0 Å². The summed E-state index contributed by atoms with van der Waals surface area (Å²) in [6.45, 7) is 13.9. The van der Waals surface area contributed by atoms with E-state index in [4.69, 9.17) is 0 Å². The molecule has 2 aromatic rings. The zero-order chi connectivity index (χ0) is 17.5. The molecule has 0 saturated carbocycles. The minimum absolute atomic E-state index is 0.116. The Morgan fingerprint density at radius 1 is 1.29 bits per heavy atom. The second kappa shape index (κ2) is 6.29. The highest BCUT2D eigenvalue weighted by molar-refractivity contribution is 5.87. The highest BCUT2D eigenvalue weighted by Crippen LogP contribution is 2.28. The van der Waals surface area contributed by atoms with Gasteiger partial charge in [-0.1, -0.05) is 0 Å². The molecule has 2 unspecified atom stereocenters. The minimum atomic E-state index is -0.292. The van der Waals surface area contributed by atoms with Crippen molar-refractivity contribution < 1.29 is 5.11 Å². The van der Waals surface area contributed by atoms with Crippen molar-refractivity contribution in [1.29, 1.82) is 0 Å². The molecule has 0 radical (unpaired) electrons. The molecule has 7 heteroatoms. The van der Waals surface area contributed by atoms with Crippen LogP contribution < -0.4 is 4.90 Å². The Labute approximate surface area is 143 Å². The van der Waals surface area contributed by atoms with Crippen LogP contribution in [-0.2, 0) is 5.54 Å². The van der Waals surface area contributed by atoms with Crippen LogP contribution in [0.3, 0.4) is 0 Å². The van der Waals surface area contributed by atoms with Gasteiger partial charge in [0.05, 0.1) is 23.2 Å². The number of hydrogen-bond donors (Lipinski definition) is 1. The summed E-state index contributed by atoms with van der Waals surface area (Å²) >= 11 is 0. The quantitative estimate of drug-likeness (QED) is 0.918. The van der Waals surface area contributed by atoms with Crippen molar-refractivity contribution in [3.8, 4) is 0 Å². The number of nitrogens with zero attached hydrogens (tertiary/aromatic N) is 6. The Balaban J connectivity index is 1.89. The van der Waals surface area contributed by atoms with Crippen LogP contribution in [0.25, 0.3) is 11.0 Å². The lowest BCUT2D eigenvalue weighted by molar-refractivity contribution is 0.114. The third-order valence-corrected chi connectivity index (χ3v) is 4.49. The molecule has 0 bridgehead atoms. The number of anilines is 1. The van der Waals surface area contributed by atoms with E-state index in [0.29, 0.717) is 6.04 Å². The summed E-state index contributed by atoms with van der Waals surface area (Å²) in [7, 11) is 0. The molecule has 3 rings (SSSR count). The molecule has 1 N–H and O–H groups in total. The molecule has 3 heterocycles. The first-order chi connectivity index (χ1) is 11.3. The first-order valence-electron chi connectivity index (χ1n) is 8.63. The zero-order valence-electron chi connectivity index (χ0n) is 15.3. The molecule has 0 aliphatic carbocycles. The number of rotatable bonds is 3. The zero-order valence-corrected chi connectivity index (χ0v) is 15.3. The van der Waals surface area contributed by atoms with Crippen LogP contribution in [-0.4, -0.2) is 68.1 Å². The van der Waals surface area contributed by atoms with E-state index in [1.807, 2.05) is 17.8 Å². The molecule has 2 atom stereocenters. The second-order valence-electron chi connectivity index (χ2n) is 7.81. The van der Waals surface area contributed by atoms with Crippen molar-refractivity contribution in [3.63, 3.8) is 0 Å². The summed E-state index contributed by atoms with van der Waals surface area (Å²) in [4.78, 5) is 13.7. The van der Waals surface area contributed by atoms with Crippen molar-refractivity contribution in [2.45, 2.75) is 52.3 Å². The molecule has 132 valence electrons. The van der Waals surface area contributed by atoms with Crippen molar-refractivity contribution in [2.24, 2.45) is 0 Å².